The number of unbranched alkanes of at least 4 members (excludes halogenated alkanes) is 2. The molecule has 234 valence electrons. The van der Waals surface area contributed by atoms with Crippen molar-refractivity contribution in [3.05, 3.63) is 39.8 Å². The summed E-state index contributed by atoms with van der Waals surface area (Å²) in [5.74, 6) is 0.359. The van der Waals surface area contributed by atoms with Crippen molar-refractivity contribution in [2.45, 2.75) is 107 Å². The first kappa shape index (κ1) is 35.5. The number of esters is 2. The normalized spacial score (nSPS) is 12.9. The maximum Gasteiger partial charge on any atom is 0.348 e. The van der Waals surface area contributed by atoms with Gasteiger partial charge < -0.3 is 14.4 Å². The first-order chi connectivity index (χ1) is 20.2. The molecule has 0 amide bonds. The zero-order valence-electron chi connectivity index (χ0n) is 27.3. The van der Waals surface area contributed by atoms with Crippen LogP contribution in [-0.2, 0) is 9.47 Å². The van der Waals surface area contributed by atoms with Gasteiger partial charge >= 0.3 is 11.9 Å². The minimum Gasteiger partial charge on any atom is -0.462 e. The van der Waals surface area contributed by atoms with Gasteiger partial charge in [0.1, 0.15) is 10.4 Å². The molecule has 2 unspecified atom stereocenters. The monoisotopic (exact) mass is 599 g/mol. The number of thiophene rings is 1. The fourth-order valence-electron chi connectivity index (χ4n) is 5.19. The quantitative estimate of drug-likeness (QED) is 0.118. The lowest BCUT2D eigenvalue weighted by atomic mass is 9.95. The Morgan fingerprint density at radius 2 is 1.40 bits per heavy atom. The van der Waals surface area contributed by atoms with E-state index in [0.29, 0.717) is 27.3 Å². The van der Waals surface area contributed by atoms with Crippen LogP contribution < -0.4 is 4.90 Å². The van der Waals surface area contributed by atoms with Crippen molar-refractivity contribution in [3.63, 3.8) is 0 Å². The number of carbonyl (C=O) groups excluding carboxylic acids is 2. The van der Waals surface area contributed by atoms with Crippen LogP contribution in [0.25, 0.3) is 0 Å². The molecule has 2 rings (SSSR count). The highest BCUT2D eigenvalue weighted by molar-refractivity contribution is 7.18. The van der Waals surface area contributed by atoms with Gasteiger partial charge in [-0.15, -0.1) is 21.6 Å². The van der Waals surface area contributed by atoms with Gasteiger partial charge in [-0.05, 0) is 81.7 Å². The number of benzene rings is 1. The zero-order chi connectivity index (χ0) is 31.1. The van der Waals surface area contributed by atoms with E-state index < -0.39 is 11.9 Å². The zero-order valence-corrected chi connectivity index (χ0v) is 28.1. The highest BCUT2D eigenvalue weighted by Crippen LogP contribution is 2.38. The molecule has 0 aliphatic carbocycles. The van der Waals surface area contributed by atoms with Crippen LogP contribution in [0.4, 0.5) is 16.4 Å². The second kappa shape index (κ2) is 18.7. The van der Waals surface area contributed by atoms with Gasteiger partial charge in [-0.25, -0.2) is 9.59 Å². The Bertz CT molecular complexity index is 1140. The van der Waals surface area contributed by atoms with E-state index in [0.717, 1.165) is 35.7 Å². The van der Waals surface area contributed by atoms with Gasteiger partial charge in [0.05, 0.1) is 18.9 Å². The molecule has 0 saturated heterocycles. The van der Waals surface area contributed by atoms with E-state index in [2.05, 4.69) is 61.9 Å². The predicted octanol–water partition coefficient (Wildman–Crippen LogP) is 10.4. The number of ether oxygens (including phenoxy) is 2. The Kier molecular flexibility index (Phi) is 15.8. The minimum absolute atomic E-state index is 0.227. The number of hydrogen-bond donors (Lipinski definition) is 0. The largest absolute Gasteiger partial charge is 0.462 e. The van der Waals surface area contributed by atoms with Gasteiger partial charge in [-0.3, -0.25) is 0 Å². The van der Waals surface area contributed by atoms with E-state index in [9.17, 15) is 9.59 Å². The maximum atomic E-state index is 12.8. The van der Waals surface area contributed by atoms with E-state index in [1.165, 1.54) is 57.1 Å². The Morgan fingerprint density at radius 3 is 1.90 bits per heavy atom. The highest BCUT2D eigenvalue weighted by Gasteiger charge is 2.26. The topological polar surface area (TPSA) is 80.6 Å². The molecule has 0 N–H and O–H groups in total. The third-order valence-corrected chi connectivity index (χ3v) is 9.06. The molecule has 1 aromatic heterocycles. The van der Waals surface area contributed by atoms with Crippen molar-refractivity contribution in [1.82, 2.24) is 0 Å². The predicted molar refractivity (Wildman–Crippen MR) is 175 cm³/mol. The van der Waals surface area contributed by atoms with E-state index in [1.54, 1.807) is 20.8 Å². The van der Waals surface area contributed by atoms with Gasteiger partial charge in [0.2, 0.25) is 0 Å². The van der Waals surface area contributed by atoms with E-state index in [-0.39, 0.29) is 18.8 Å². The molecule has 0 saturated carbocycles. The minimum atomic E-state index is -0.513. The molecule has 42 heavy (non-hydrogen) atoms. The smallest absolute Gasteiger partial charge is 0.348 e. The fraction of sp³-hybridized carbons (Fsp3) is 0.647. The Balaban J connectivity index is 2.41. The number of anilines is 1. The molecular weight excluding hydrogens is 546 g/mol. The molecule has 0 aliphatic heterocycles. The van der Waals surface area contributed by atoms with Crippen molar-refractivity contribution >= 4 is 39.7 Å². The lowest BCUT2D eigenvalue weighted by Crippen LogP contribution is -2.34. The molecule has 7 nitrogen and oxygen atoms in total. The number of nitrogens with zero attached hydrogens (tertiary/aromatic N) is 3. The molecule has 2 aromatic rings. The molecule has 0 bridgehead atoms. The number of azo groups is 1. The molecule has 0 fully saturated rings. The van der Waals surface area contributed by atoms with Crippen LogP contribution in [0.15, 0.2) is 28.4 Å². The maximum absolute atomic E-state index is 12.8. The molecule has 0 aliphatic rings. The summed E-state index contributed by atoms with van der Waals surface area (Å²) < 4.78 is 10.5. The second-order valence-corrected chi connectivity index (χ2v) is 12.1. The summed E-state index contributed by atoms with van der Waals surface area (Å²) in [6.07, 6.45) is 9.89. The second-order valence-electron chi connectivity index (χ2n) is 11.1. The van der Waals surface area contributed by atoms with Gasteiger partial charge in [0, 0.05) is 18.8 Å². The van der Waals surface area contributed by atoms with E-state index in [4.69, 9.17) is 9.47 Å². The third-order valence-electron chi connectivity index (χ3n) is 7.91. The lowest BCUT2D eigenvalue weighted by Gasteiger charge is -2.33. The summed E-state index contributed by atoms with van der Waals surface area (Å²) in [6, 6.07) is 6.37. The Hall–Kier alpha value is -2.74. The van der Waals surface area contributed by atoms with Crippen LogP contribution >= 0.6 is 11.3 Å². The van der Waals surface area contributed by atoms with Gasteiger partial charge in [-0.2, -0.15) is 0 Å². The molecule has 1 aromatic carbocycles. The van der Waals surface area contributed by atoms with Crippen LogP contribution in [0.5, 0.6) is 0 Å². The number of hydrogen-bond acceptors (Lipinski definition) is 8. The van der Waals surface area contributed by atoms with Crippen LogP contribution in [0.1, 0.15) is 124 Å². The lowest BCUT2D eigenvalue weighted by molar-refractivity contribution is 0.0527. The summed E-state index contributed by atoms with van der Waals surface area (Å²) >= 11 is 1.11. The molecule has 0 spiro atoms. The average Bonchev–Trinajstić information content (AvgIpc) is 3.31. The van der Waals surface area contributed by atoms with Crippen molar-refractivity contribution < 1.29 is 19.1 Å². The van der Waals surface area contributed by atoms with Crippen LogP contribution in [-0.4, -0.2) is 38.2 Å². The fourth-order valence-corrected chi connectivity index (χ4v) is 6.21. The number of carbonyl (C=O) groups is 2. The number of aryl methyl sites for hydroxylation is 1. The highest BCUT2D eigenvalue weighted by atomic mass is 32.1. The average molecular weight is 600 g/mol. The van der Waals surface area contributed by atoms with E-state index in [1.807, 2.05) is 6.07 Å². The molecular formula is C34H53N3O4S. The van der Waals surface area contributed by atoms with Crippen LogP contribution in [0.3, 0.4) is 0 Å². The van der Waals surface area contributed by atoms with Crippen LogP contribution in [0.2, 0.25) is 0 Å². The summed E-state index contributed by atoms with van der Waals surface area (Å²) in [7, 11) is 0. The Labute approximate surface area is 258 Å². The van der Waals surface area contributed by atoms with Crippen LogP contribution in [0, 0.1) is 25.7 Å². The summed E-state index contributed by atoms with van der Waals surface area (Å²) in [5.41, 5.74) is 3.75. The third kappa shape index (κ3) is 10.2. The first-order valence-electron chi connectivity index (χ1n) is 16.0. The molecule has 8 heteroatoms. The summed E-state index contributed by atoms with van der Waals surface area (Å²) in [4.78, 5) is 28.2. The van der Waals surface area contributed by atoms with Crippen molar-refractivity contribution in [1.29, 1.82) is 0 Å². The van der Waals surface area contributed by atoms with Gasteiger partial charge in [0.15, 0.2) is 5.00 Å². The summed E-state index contributed by atoms with van der Waals surface area (Å²) in [6.45, 7) is 19.0. The molecule has 1 heterocycles. The molecule has 0 radical (unpaired) electrons. The molecule has 2 atom stereocenters. The first-order valence-corrected chi connectivity index (χ1v) is 16.8. The number of rotatable bonds is 19. The Morgan fingerprint density at radius 1 is 0.833 bits per heavy atom. The van der Waals surface area contributed by atoms with Crippen molar-refractivity contribution in [3.8, 4) is 0 Å². The van der Waals surface area contributed by atoms with E-state index >= 15 is 0 Å². The SMILES string of the molecule is CCCCC(CC)CN(CC(CC)CCCC)c1ccc(/N=N/c2sc(C(=O)OCC)c(C)c2C(=O)OCC)c(C)c1. The summed E-state index contributed by atoms with van der Waals surface area (Å²) in [5, 5.41) is 9.33. The van der Waals surface area contributed by atoms with Gasteiger partial charge in [-0.1, -0.05) is 66.2 Å². The standard InChI is InChI=1S/C34H53N3O4S/c1-9-15-17-26(11-3)22-37(23-27(12-4)18-16-10-2)28-19-20-29(24(7)21-28)35-36-32-30(33(38)40-13-5)25(8)31(42-32)34(39)41-14-6/h19-21,26-27H,9-18,22-23H2,1-8H3/b36-35+. The van der Waals surface area contributed by atoms with Crippen molar-refractivity contribution in [2.24, 2.45) is 22.1 Å². The van der Waals surface area contributed by atoms with Gasteiger partial charge in [0.25, 0.3) is 0 Å². The van der Waals surface area contributed by atoms with Crippen molar-refractivity contribution in [2.75, 3.05) is 31.2 Å².